The molecule has 32 heavy (non-hydrogen) atoms. The number of rotatable bonds is 3. The summed E-state index contributed by atoms with van der Waals surface area (Å²) in [5, 5.41) is 34.0. The molecule has 0 amide bonds. The number of carbonyl (C=O) groups is 1. The smallest absolute Gasteiger partial charge is 0.215 e. The summed E-state index contributed by atoms with van der Waals surface area (Å²) in [6, 6.07) is 3.45. The number of Topliss-reactive ketones (excluding diaryl/α,β-unsaturated/α-hetero) is 1. The summed E-state index contributed by atoms with van der Waals surface area (Å²) in [6.45, 7) is 7.75. The van der Waals surface area contributed by atoms with E-state index in [1.807, 2.05) is 19.9 Å². The number of hydrogen-bond donors (Lipinski definition) is 3. The first-order valence-corrected chi connectivity index (χ1v) is 12.0. The maximum absolute atomic E-state index is 14.3. The van der Waals surface area contributed by atoms with Crippen molar-refractivity contribution in [2.75, 3.05) is 6.61 Å². The van der Waals surface area contributed by atoms with Gasteiger partial charge in [0.1, 0.15) is 6.10 Å². The lowest BCUT2D eigenvalue weighted by Crippen LogP contribution is -2.66. The molecule has 172 valence electrons. The predicted octanol–water partition coefficient (Wildman–Crippen LogP) is 3.06. The lowest BCUT2D eigenvalue weighted by Gasteiger charge is -2.48. The van der Waals surface area contributed by atoms with E-state index in [0.29, 0.717) is 11.5 Å². The fourth-order valence-corrected chi connectivity index (χ4v) is 7.48. The number of ether oxygens (including phenoxy) is 1. The lowest BCUT2D eigenvalue weighted by molar-refractivity contribution is -0.186. The van der Waals surface area contributed by atoms with E-state index in [9.17, 15) is 20.1 Å². The minimum atomic E-state index is -1.96. The Bertz CT molecular complexity index is 1050. The molecule has 0 aromatic carbocycles. The van der Waals surface area contributed by atoms with Crippen LogP contribution in [0.4, 0.5) is 0 Å². The molecule has 2 bridgehead atoms. The number of aliphatic hydroxyl groups is 3. The van der Waals surface area contributed by atoms with Crippen LogP contribution in [0.25, 0.3) is 0 Å². The van der Waals surface area contributed by atoms with Gasteiger partial charge in [0.15, 0.2) is 17.5 Å². The number of hydrogen-bond acceptors (Lipinski definition) is 6. The van der Waals surface area contributed by atoms with Crippen molar-refractivity contribution in [3.8, 4) is 5.88 Å². The number of fused-ring (bicyclic) bond motifs is 3. The number of halogens is 1. The molecule has 0 unspecified atom stereocenters. The molecular weight excluding hydrogens is 474 g/mol. The molecule has 4 aliphatic carbocycles. The summed E-state index contributed by atoms with van der Waals surface area (Å²) in [6.07, 6.45) is 3.50. The van der Waals surface area contributed by atoms with Gasteiger partial charge in [-0.25, -0.2) is 4.98 Å². The Kier molecular flexibility index (Phi) is 4.86. The summed E-state index contributed by atoms with van der Waals surface area (Å²) >= 11 is 3.40. The normalized spacial score (nSPS) is 43.9. The van der Waals surface area contributed by atoms with Gasteiger partial charge in [0, 0.05) is 22.7 Å². The standard InChI is InChI=1S/C25H30BrNO5/c1-12-10-24-13(2)7-17-19(23(17,3)4)16(21(24)30)8-14(11-28)20(29)25(24,31)22(12)32-18-9-15(26)5-6-27-18/h5-6,8-10,13,16-17,19-20,22,28-29,31H,7,11H2,1-4H3/t13-,16+,17-,19+,20-,22+,24+,25+/m1/s1. The molecule has 5 rings (SSSR count). The van der Waals surface area contributed by atoms with Gasteiger partial charge in [0.25, 0.3) is 0 Å². The van der Waals surface area contributed by atoms with Crippen LogP contribution in [-0.4, -0.2) is 50.5 Å². The second-order valence-electron chi connectivity index (χ2n) is 10.7. The molecule has 0 aliphatic heterocycles. The zero-order valence-electron chi connectivity index (χ0n) is 18.7. The van der Waals surface area contributed by atoms with Crippen molar-refractivity contribution in [2.24, 2.45) is 34.5 Å². The van der Waals surface area contributed by atoms with Crippen molar-refractivity contribution in [3.63, 3.8) is 0 Å². The largest absolute Gasteiger partial charge is 0.467 e. The molecule has 4 aliphatic rings. The van der Waals surface area contributed by atoms with Crippen LogP contribution in [0.1, 0.15) is 34.1 Å². The topological polar surface area (TPSA) is 99.9 Å². The average Bonchev–Trinajstić information content (AvgIpc) is 3.22. The molecule has 2 fully saturated rings. The summed E-state index contributed by atoms with van der Waals surface area (Å²) in [5.41, 5.74) is -2.30. The van der Waals surface area contributed by atoms with Crippen LogP contribution in [0.2, 0.25) is 0 Å². The zero-order valence-corrected chi connectivity index (χ0v) is 20.3. The fraction of sp³-hybridized carbons (Fsp3) is 0.600. The van der Waals surface area contributed by atoms with E-state index in [2.05, 4.69) is 34.8 Å². The van der Waals surface area contributed by atoms with E-state index >= 15 is 0 Å². The van der Waals surface area contributed by atoms with Crippen molar-refractivity contribution < 1.29 is 24.9 Å². The Hall–Kier alpha value is -1.54. The summed E-state index contributed by atoms with van der Waals surface area (Å²) in [7, 11) is 0. The number of allylic oxidation sites excluding steroid dienone is 1. The molecule has 8 atom stereocenters. The first-order valence-electron chi connectivity index (χ1n) is 11.2. The Morgan fingerprint density at radius 3 is 2.72 bits per heavy atom. The Morgan fingerprint density at radius 1 is 1.34 bits per heavy atom. The number of carbonyl (C=O) groups excluding carboxylic acids is 1. The highest BCUT2D eigenvalue weighted by Crippen LogP contribution is 2.71. The van der Waals surface area contributed by atoms with E-state index in [1.165, 1.54) is 0 Å². The first-order chi connectivity index (χ1) is 15.0. The highest BCUT2D eigenvalue weighted by atomic mass is 79.9. The van der Waals surface area contributed by atoms with Gasteiger partial charge in [0.05, 0.1) is 12.0 Å². The molecule has 0 radical (unpaired) electrons. The van der Waals surface area contributed by atoms with Crippen molar-refractivity contribution in [2.45, 2.75) is 51.9 Å². The number of aromatic nitrogens is 1. The van der Waals surface area contributed by atoms with Crippen molar-refractivity contribution in [1.29, 1.82) is 0 Å². The molecule has 1 aromatic heterocycles. The van der Waals surface area contributed by atoms with Crippen LogP contribution in [0.15, 0.2) is 46.1 Å². The molecule has 6 nitrogen and oxygen atoms in total. The van der Waals surface area contributed by atoms with E-state index < -0.39 is 35.7 Å². The van der Waals surface area contributed by atoms with E-state index in [4.69, 9.17) is 4.74 Å². The number of nitrogens with zero attached hydrogens (tertiary/aromatic N) is 1. The molecule has 2 saturated carbocycles. The number of ketones is 1. The monoisotopic (exact) mass is 503 g/mol. The summed E-state index contributed by atoms with van der Waals surface area (Å²) < 4.78 is 6.95. The van der Waals surface area contributed by atoms with Crippen LogP contribution in [0.3, 0.4) is 0 Å². The Morgan fingerprint density at radius 2 is 2.06 bits per heavy atom. The SMILES string of the molecule is CC1=C[C@]23C(=O)[C@@H](C=C(CO)[C@@H](O)[C@]2(O)[C@H]1Oc1cc(Br)ccn1)[C@H]1[C@@H](C[C@H]3C)C1(C)C. The van der Waals surface area contributed by atoms with Gasteiger partial charge in [-0.2, -0.15) is 0 Å². The highest BCUT2D eigenvalue weighted by Gasteiger charge is 2.76. The highest BCUT2D eigenvalue weighted by molar-refractivity contribution is 9.10. The average molecular weight is 504 g/mol. The van der Waals surface area contributed by atoms with E-state index in [1.54, 1.807) is 24.4 Å². The summed E-state index contributed by atoms with van der Waals surface area (Å²) in [4.78, 5) is 18.5. The molecule has 3 N–H and O–H groups in total. The first kappa shape index (κ1) is 22.3. The van der Waals surface area contributed by atoms with Crippen LogP contribution in [-0.2, 0) is 4.79 Å². The molecule has 1 heterocycles. The van der Waals surface area contributed by atoms with Gasteiger partial charge in [-0.1, -0.05) is 48.9 Å². The Balaban J connectivity index is 1.69. The molecule has 1 aromatic rings. The van der Waals surface area contributed by atoms with Gasteiger partial charge < -0.3 is 20.1 Å². The van der Waals surface area contributed by atoms with Gasteiger partial charge in [-0.05, 0) is 53.7 Å². The second kappa shape index (κ2) is 6.98. The lowest BCUT2D eigenvalue weighted by atomic mass is 9.59. The van der Waals surface area contributed by atoms with Crippen molar-refractivity contribution in [3.05, 3.63) is 46.1 Å². The van der Waals surface area contributed by atoms with Gasteiger partial charge >= 0.3 is 0 Å². The quantitative estimate of drug-likeness (QED) is 0.548. The Labute approximate surface area is 196 Å². The minimum absolute atomic E-state index is 0.00811. The van der Waals surface area contributed by atoms with E-state index in [0.717, 1.165) is 10.9 Å². The zero-order chi connectivity index (χ0) is 23.2. The molecule has 1 spiro atoms. The minimum Gasteiger partial charge on any atom is -0.467 e. The van der Waals surface area contributed by atoms with Crippen LogP contribution < -0.4 is 4.74 Å². The van der Waals surface area contributed by atoms with Crippen molar-refractivity contribution in [1.82, 2.24) is 4.98 Å². The predicted molar refractivity (Wildman–Crippen MR) is 122 cm³/mol. The molecule has 0 saturated heterocycles. The second-order valence-corrected chi connectivity index (χ2v) is 11.6. The maximum Gasteiger partial charge on any atom is 0.215 e. The molecular formula is C25H30BrNO5. The number of pyridine rings is 1. The third-order valence-electron chi connectivity index (χ3n) is 8.83. The molecule has 7 heteroatoms. The third-order valence-corrected chi connectivity index (χ3v) is 9.33. The summed E-state index contributed by atoms with van der Waals surface area (Å²) in [5.74, 6) is 0.00999. The van der Waals surface area contributed by atoms with Crippen LogP contribution in [0.5, 0.6) is 5.88 Å². The van der Waals surface area contributed by atoms with Gasteiger partial charge in [-0.3, -0.25) is 4.79 Å². The van der Waals surface area contributed by atoms with E-state index in [-0.39, 0.29) is 34.5 Å². The van der Waals surface area contributed by atoms with Gasteiger partial charge in [-0.15, -0.1) is 0 Å². The van der Waals surface area contributed by atoms with Crippen molar-refractivity contribution >= 4 is 21.7 Å². The fourth-order valence-electron chi connectivity index (χ4n) is 7.16. The van der Waals surface area contributed by atoms with Crippen LogP contribution in [0, 0.1) is 34.5 Å². The van der Waals surface area contributed by atoms with Crippen LogP contribution >= 0.6 is 15.9 Å². The van der Waals surface area contributed by atoms with Gasteiger partial charge in [0.2, 0.25) is 5.88 Å². The maximum atomic E-state index is 14.3. The third kappa shape index (κ3) is 2.62. The number of aliphatic hydroxyl groups excluding tert-OH is 2.